The van der Waals surface area contributed by atoms with Gasteiger partial charge in [-0.3, -0.25) is 10.1 Å². The van der Waals surface area contributed by atoms with Crippen LogP contribution >= 0.6 is 0 Å². The predicted molar refractivity (Wildman–Crippen MR) is 51.7 cm³/mol. The number of rotatable bonds is 1. The lowest BCUT2D eigenvalue weighted by Gasteiger charge is -2.30. The van der Waals surface area contributed by atoms with Crippen LogP contribution in [0.2, 0.25) is 0 Å². The molecule has 2 heterocycles. The second-order valence-electron chi connectivity index (χ2n) is 3.92. The third-order valence-corrected chi connectivity index (χ3v) is 2.61. The summed E-state index contributed by atoms with van der Waals surface area (Å²) in [6.07, 6.45) is -3.83. The van der Waals surface area contributed by atoms with Crippen LogP contribution in [0, 0.1) is 10.1 Å². The number of nitrogens with one attached hydrogen (secondary N) is 1. The first-order chi connectivity index (χ1) is 7.80. The highest BCUT2D eigenvalue weighted by molar-refractivity contribution is 5.57. The summed E-state index contributed by atoms with van der Waals surface area (Å²) in [4.78, 5) is 9.88. The van der Waals surface area contributed by atoms with E-state index in [1.54, 1.807) is 6.92 Å². The van der Waals surface area contributed by atoms with E-state index in [0.29, 0.717) is 4.68 Å². The smallest absolute Gasteiger partial charge is 0.362 e. The number of nitro groups is 1. The monoisotopic (exact) mass is 250 g/mol. The third kappa shape index (κ3) is 1.92. The van der Waals surface area contributed by atoms with Crippen LogP contribution in [-0.4, -0.2) is 26.9 Å². The number of alkyl halides is 3. The van der Waals surface area contributed by atoms with Gasteiger partial charge in [0.15, 0.2) is 6.04 Å². The third-order valence-electron chi connectivity index (χ3n) is 2.61. The number of hydrogen-bond acceptors (Lipinski definition) is 4. The maximum Gasteiger partial charge on any atom is 0.410 e. The van der Waals surface area contributed by atoms with Gasteiger partial charge in [0.2, 0.25) is 5.82 Å². The van der Waals surface area contributed by atoms with Crippen molar-refractivity contribution in [2.24, 2.45) is 0 Å². The number of aromatic nitrogens is 2. The summed E-state index contributed by atoms with van der Waals surface area (Å²) in [7, 11) is 0. The van der Waals surface area contributed by atoms with Gasteiger partial charge < -0.3 is 5.32 Å². The Kier molecular flexibility index (Phi) is 2.48. The Labute approximate surface area is 93.6 Å². The van der Waals surface area contributed by atoms with Crippen molar-refractivity contribution in [3.8, 4) is 0 Å². The minimum absolute atomic E-state index is 0.184. The number of anilines is 1. The SMILES string of the molecule is CC1CC(C(F)(F)F)n2ncc([N+](=O)[O-])c2N1. The Morgan fingerprint density at radius 3 is 2.82 bits per heavy atom. The van der Waals surface area contributed by atoms with Gasteiger partial charge in [-0.05, 0) is 13.3 Å². The Balaban J connectivity index is 2.49. The first-order valence-electron chi connectivity index (χ1n) is 4.86. The molecule has 1 N–H and O–H groups in total. The molecule has 17 heavy (non-hydrogen) atoms. The molecule has 0 saturated carbocycles. The fourth-order valence-corrected chi connectivity index (χ4v) is 1.86. The van der Waals surface area contributed by atoms with Crippen LogP contribution in [-0.2, 0) is 0 Å². The van der Waals surface area contributed by atoms with E-state index in [0.717, 1.165) is 6.20 Å². The molecular weight excluding hydrogens is 241 g/mol. The average Bonchev–Trinajstić information content (AvgIpc) is 2.57. The fourth-order valence-electron chi connectivity index (χ4n) is 1.86. The van der Waals surface area contributed by atoms with E-state index in [2.05, 4.69) is 10.4 Å². The van der Waals surface area contributed by atoms with Crippen LogP contribution in [0.15, 0.2) is 6.20 Å². The highest BCUT2D eigenvalue weighted by Gasteiger charge is 2.47. The molecule has 2 unspecified atom stereocenters. The summed E-state index contributed by atoms with van der Waals surface area (Å²) in [5.74, 6) is -0.184. The Morgan fingerprint density at radius 2 is 2.29 bits per heavy atom. The standard InChI is InChI=1S/C8H9F3N4O2/c1-4-2-6(8(9,10)11)14-7(13-4)5(3-12-14)15(16)17/h3-4,6,13H,2H2,1H3. The lowest BCUT2D eigenvalue weighted by Crippen LogP contribution is -2.38. The van der Waals surface area contributed by atoms with Gasteiger partial charge in [-0.1, -0.05) is 0 Å². The van der Waals surface area contributed by atoms with E-state index in [4.69, 9.17) is 0 Å². The molecule has 94 valence electrons. The van der Waals surface area contributed by atoms with Gasteiger partial charge in [0.1, 0.15) is 6.20 Å². The second kappa shape index (κ2) is 3.60. The van der Waals surface area contributed by atoms with Gasteiger partial charge >= 0.3 is 11.9 Å². The van der Waals surface area contributed by atoms with Crippen molar-refractivity contribution >= 4 is 11.5 Å². The van der Waals surface area contributed by atoms with Crippen molar-refractivity contribution in [2.75, 3.05) is 5.32 Å². The Hall–Kier alpha value is -1.80. The summed E-state index contributed by atoms with van der Waals surface area (Å²) in [5.41, 5.74) is -0.439. The fraction of sp³-hybridized carbons (Fsp3) is 0.625. The van der Waals surface area contributed by atoms with Crippen LogP contribution < -0.4 is 5.32 Å². The van der Waals surface area contributed by atoms with Crippen molar-refractivity contribution in [1.29, 1.82) is 0 Å². The van der Waals surface area contributed by atoms with Gasteiger partial charge in [0, 0.05) is 6.04 Å². The summed E-state index contributed by atoms with van der Waals surface area (Å²) in [5, 5.41) is 16.7. The maximum absolute atomic E-state index is 12.7. The second-order valence-corrected chi connectivity index (χ2v) is 3.92. The van der Waals surface area contributed by atoms with Crippen molar-refractivity contribution < 1.29 is 18.1 Å². The first kappa shape index (κ1) is 11.7. The topological polar surface area (TPSA) is 73.0 Å². The molecule has 0 bridgehead atoms. The molecule has 2 rings (SSSR count). The molecule has 1 aliphatic rings. The van der Waals surface area contributed by atoms with Gasteiger partial charge in [-0.25, -0.2) is 4.68 Å². The summed E-state index contributed by atoms with van der Waals surface area (Å²) in [6.45, 7) is 1.54. The van der Waals surface area contributed by atoms with Crippen molar-refractivity contribution in [2.45, 2.75) is 31.6 Å². The highest BCUT2D eigenvalue weighted by Crippen LogP contribution is 2.41. The first-order valence-corrected chi connectivity index (χ1v) is 4.86. The largest absolute Gasteiger partial charge is 0.410 e. The van der Waals surface area contributed by atoms with Crippen LogP contribution in [0.1, 0.15) is 19.4 Å². The van der Waals surface area contributed by atoms with Crippen molar-refractivity contribution in [3.63, 3.8) is 0 Å². The van der Waals surface area contributed by atoms with Crippen molar-refractivity contribution in [1.82, 2.24) is 9.78 Å². The van der Waals surface area contributed by atoms with E-state index in [9.17, 15) is 23.3 Å². The minimum Gasteiger partial charge on any atom is -0.362 e. The normalized spacial score (nSPS) is 24.0. The van der Waals surface area contributed by atoms with Crippen LogP contribution in [0.25, 0.3) is 0 Å². The minimum atomic E-state index is -4.47. The summed E-state index contributed by atoms with van der Waals surface area (Å²) < 4.78 is 38.9. The highest BCUT2D eigenvalue weighted by atomic mass is 19.4. The zero-order valence-corrected chi connectivity index (χ0v) is 8.73. The van der Waals surface area contributed by atoms with E-state index in [1.807, 2.05) is 0 Å². The molecule has 0 spiro atoms. The molecule has 1 aromatic rings. The lowest BCUT2D eigenvalue weighted by atomic mass is 10.1. The number of hydrogen-bond donors (Lipinski definition) is 1. The van der Waals surface area contributed by atoms with E-state index < -0.39 is 28.9 Å². The number of halogens is 3. The maximum atomic E-state index is 12.7. The van der Waals surface area contributed by atoms with Crippen LogP contribution in [0.5, 0.6) is 0 Å². The predicted octanol–water partition coefficient (Wildman–Crippen LogP) is 2.10. The molecule has 6 nitrogen and oxygen atoms in total. The van der Waals surface area contributed by atoms with Gasteiger partial charge in [0.25, 0.3) is 0 Å². The van der Waals surface area contributed by atoms with Crippen molar-refractivity contribution in [3.05, 3.63) is 16.3 Å². The van der Waals surface area contributed by atoms with Gasteiger partial charge in [-0.2, -0.15) is 18.3 Å². The molecule has 0 aromatic carbocycles. The summed E-state index contributed by atoms with van der Waals surface area (Å²) in [6, 6.07) is -2.31. The molecule has 0 amide bonds. The molecule has 0 aliphatic carbocycles. The van der Waals surface area contributed by atoms with E-state index >= 15 is 0 Å². The Bertz CT molecular complexity index is 456. The molecule has 0 fully saturated rings. The zero-order chi connectivity index (χ0) is 12.8. The van der Waals surface area contributed by atoms with Gasteiger partial charge in [0.05, 0.1) is 4.92 Å². The molecule has 2 atom stereocenters. The molecule has 9 heteroatoms. The van der Waals surface area contributed by atoms with E-state index in [-0.39, 0.29) is 12.2 Å². The molecule has 1 aromatic heterocycles. The zero-order valence-electron chi connectivity index (χ0n) is 8.73. The number of fused-ring (bicyclic) bond motifs is 1. The van der Waals surface area contributed by atoms with Crippen LogP contribution in [0.3, 0.4) is 0 Å². The number of nitrogens with zero attached hydrogens (tertiary/aromatic N) is 3. The average molecular weight is 250 g/mol. The van der Waals surface area contributed by atoms with Crippen LogP contribution in [0.4, 0.5) is 24.7 Å². The molecule has 0 radical (unpaired) electrons. The lowest BCUT2D eigenvalue weighted by molar-refractivity contribution is -0.384. The summed E-state index contributed by atoms with van der Waals surface area (Å²) >= 11 is 0. The molecule has 0 saturated heterocycles. The Morgan fingerprint density at radius 1 is 1.65 bits per heavy atom. The van der Waals surface area contributed by atoms with Gasteiger partial charge in [-0.15, -0.1) is 0 Å². The molecule has 1 aliphatic heterocycles. The van der Waals surface area contributed by atoms with E-state index in [1.165, 1.54) is 0 Å². The molecular formula is C8H9F3N4O2. The quantitative estimate of drug-likeness (QED) is 0.611.